The fraction of sp³-hybridized carbons (Fsp3) is 0.650. The third-order valence-corrected chi connectivity index (χ3v) is 4.64. The van der Waals surface area contributed by atoms with Gasteiger partial charge in [0, 0.05) is 30.8 Å². The van der Waals surface area contributed by atoms with Gasteiger partial charge < -0.3 is 29.7 Å². The summed E-state index contributed by atoms with van der Waals surface area (Å²) in [5, 5.41) is 6.45. The number of hydrogen-bond acceptors (Lipinski definition) is 5. The van der Waals surface area contributed by atoms with E-state index in [1.54, 1.807) is 6.07 Å². The first-order chi connectivity index (χ1) is 13.9. The molecule has 7 nitrogen and oxygen atoms in total. The van der Waals surface area contributed by atoms with Gasteiger partial charge in [0.2, 0.25) is 6.79 Å². The van der Waals surface area contributed by atoms with Crippen LogP contribution in [0.15, 0.2) is 17.1 Å². The van der Waals surface area contributed by atoms with Gasteiger partial charge >= 0.3 is 6.61 Å². The van der Waals surface area contributed by atoms with Gasteiger partial charge in [-0.25, -0.2) is 4.99 Å². The second-order valence-corrected chi connectivity index (χ2v) is 7.10. The van der Waals surface area contributed by atoms with E-state index in [1.807, 2.05) is 6.92 Å². The van der Waals surface area contributed by atoms with Crippen LogP contribution in [0, 0.1) is 0 Å². The lowest BCUT2D eigenvalue weighted by atomic mass is 10.1. The van der Waals surface area contributed by atoms with Crippen LogP contribution in [0.1, 0.15) is 39.2 Å². The van der Waals surface area contributed by atoms with Crippen molar-refractivity contribution in [1.82, 2.24) is 15.5 Å². The first-order valence-electron chi connectivity index (χ1n) is 10.0. The van der Waals surface area contributed by atoms with E-state index in [2.05, 4.69) is 46.2 Å². The van der Waals surface area contributed by atoms with Crippen molar-refractivity contribution in [1.29, 1.82) is 0 Å². The fourth-order valence-corrected chi connectivity index (χ4v) is 2.75. The molecule has 2 N–H and O–H groups in total. The van der Waals surface area contributed by atoms with E-state index in [-0.39, 0.29) is 43.1 Å². The van der Waals surface area contributed by atoms with Gasteiger partial charge in [-0.3, -0.25) is 0 Å². The summed E-state index contributed by atoms with van der Waals surface area (Å²) in [6.07, 6.45) is 2.08. The highest BCUT2D eigenvalue weighted by molar-refractivity contribution is 14.0. The highest BCUT2D eigenvalue weighted by Gasteiger charge is 2.20. The zero-order chi connectivity index (χ0) is 21.2. The maximum atomic E-state index is 12.8. The van der Waals surface area contributed by atoms with E-state index >= 15 is 0 Å². The molecule has 172 valence electrons. The largest absolute Gasteiger partial charge is 0.454 e. The topological polar surface area (TPSA) is 67.4 Å². The third kappa shape index (κ3) is 8.66. The number of fused-ring (bicyclic) bond motifs is 1. The van der Waals surface area contributed by atoms with Crippen LogP contribution in [0.5, 0.6) is 17.2 Å². The molecule has 1 aromatic rings. The van der Waals surface area contributed by atoms with Gasteiger partial charge in [0.05, 0.1) is 6.54 Å². The Morgan fingerprint density at radius 3 is 2.53 bits per heavy atom. The van der Waals surface area contributed by atoms with Crippen molar-refractivity contribution in [3.8, 4) is 17.2 Å². The highest BCUT2D eigenvalue weighted by Crippen LogP contribution is 2.39. The maximum Gasteiger partial charge on any atom is 0.387 e. The van der Waals surface area contributed by atoms with Crippen LogP contribution in [-0.2, 0) is 6.54 Å². The third-order valence-electron chi connectivity index (χ3n) is 4.64. The van der Waals surface area contributed by atoms with Crippen LogP contribution >= 0.6 is 24.0 Å². The van der Waals surface area contributed by atoms with Gasteiger partial charge in [-0.2, -0.15) is 8.78 Å². The van der Waals surface area contributed by atoms with E-state index in [1.165, 1.54) is 6.07 Å². The smallest absolute Gasteiger partial charge is 0.387 e. The molecule has 1 heterocycles. The van der Waals surface area contributed by atoms with Crippen molar-refractivity contribution in [2.24, 2.45) is 4.99 Å². The molecule has 0 spiro atoms. The number of rotatable bonds is 11. The van der Waals surface area contributed by atoms with Crippen LogP contribution in [0.3, 0.4) is 0 Å². The minimum atomic E-state index is -2.92. The lowest BCUT2D eigenvalue weighted by Gasteiger charge is -2.20. The van der Waals surface area contributed by atoms with Gasteiger partial charge in [-0.15, -0.1) is 24.0 Å². The van der Waals surface area contributed by atoms with Crippen molar-refractivity contribution < 1.29 is 23.0 Å². The van der Waals surface area contributed by atoms with E-state index < -0.39 is 6.61 Å². The number of nitrogens with one attached hydrogen (secondary N) is 2. The lowest BCUT2D eigenvalue weighted by molar-refractivity contribution is -0.0505. The maximum absolute atomic E-state index is 12.8. The Kier molecular flexibility index (Phi) is 12.1. The normalized spacial score (nSPS) is 13.0. The summed E-state index contributed by atoms with van der Waals surface area (Å²) in [6, 6.07) is 3.59. The Balaban J connectivity index is 0.00000450. The summed E-state index contributed by atoms with van der Waals surface area (Å²) in [5.74, 6) is 1.57. The first kappa shape index (κ1) is 26.5. The molecule has 0 aliphatic carbocycles. The average Bonchev–Trinajstić information content (AvgIpc) is 3.11. The number of ether oxygens (including phenoxy) is 3. The molecule has 1 aliphatic heterocycles. The average molecular weight is 542 g/mol. The van der Waals surface area contributed by atoms with Gasteiger partial charge in [0.1, 0.15) is 5.75 Å². The van der Waals surface area contributed by atoms with E-state index in [9.17, 15) is 8.78 Å². The summed E-state index contributed by atoms with van der Waals surface area (Å²) in [6.45, 7) is 6.15. The number of nitrogens with zero attached hydrogens (tertiary/aromatic N) is 2. The second-order valence-electron chi connectivity index (χ2n) is 7.10. The van der Waals surface area contributed by atoms with Crippen LogP contribution in [0.25, 0.3) is 0 Å². The van der Waals surface area contributed by atoms with Crippen LogP contribution in [-0.4, -0.2) is 57.0 Å². The number of guanidine groups is 1. The van der Waals surface area contributed by atoms with Gasteiger partial charge in [-0.1, -0.05) is 0 Å². The van der Waals surface area contributed by atoms with E-state index in [0.29, 0.717) is 35.6 Å². The molecule has 2 rings (SSSR count). The molecule has 0 atom stereocenters. The monoisotopic (exact) mass is 542 g/mol. The zero-order valence-electron chi connectivity index (χ0n) is 18.0. The van der Waals surface area contributed by atoms with E-state index in [4.69, 9.17) is 9.47 Å². The Morgan fingerprint density at radius 1 is 1.20 bits per heavy atom. The number of hydrogen-bond donors (Lipinski definition) is 2. The number of benzene rings is 1. The van der Waals surface area contributed by atoms with Crippen LogP contribution in [0.4, 0.5) is 8.78 Å². The van der Waals surface area contributed by atoms with Crippen molar-refractivity contribution in [3.05, 3.63) is 17.7 Å². The minimum Gasteiger partial charge on any atom is -0.454 e. The molecule has 1 aromatic carbocycles. The van der Waals surface area contributed by atoms with Crippen molar-refractivity contribution in [2.45, 2.75) is 52.8 Å². The predicted molar refractivity (Wildman–Crippen MR) is 124 cm³/mol. The van der Waals surface area contributed by atoms with Crippen LogP contribution < -0.4 is 24.8 Å². The molecule has 0 saturated heterocycles. The molecule has 0 bridgehead atoms. The Hall–Kier alpha value is -1.56. The quantitative estimate of drug-likeness (QED) is 0.192. The number of alkyl halides is 2. The molecule has 0 aromatic heterocycles. The second kappa shape index (κ2) is 13.7. The lowest BCUT2D eigenvalue weighted by Crippen LogP contribution is -2.38. The van der Waals surface area contributed by atoms with Crippen molar-refractivity contribution in [3.63, 3.8) is 0 Å². The summed E-state index contributed by atoms with van der Waals surface area (Å²) in [7, 11) is 2.12. The van der Waals surface area contributed by atoms with Crippen molar-refractivity contribution >= 4 is 29.9 Å². The van der Waals surface area contributed by atoms with Crippen molar-refractivity contribution in [2.75, 3.05) is 33.5 Å². The molecule has 30 heavy (non-hydrogen) atoms. The number of unbranched alkanes of at least 4 members (excludes halogenated alkanes) is 1. The molecule has 0 saturated carbocycles. The Morgan fingerprint density at radius 2 is 1.90 bits per heavy atom. The summed E-state index contributed by atoms with van der Waals surface area (Å²) in [5.41, 5.74) is 0.505. The van der Waals surface area contributed by atoms with Crippen LogP contribution in [0.2, 0.25) is 0 Å². The molecular formula is C20H33F2IN4O3. The van der Waals surface area contributed by atoms with Gasteiger partial charge in [0.15, 0.2) is 17.5 Å². The molecule has 0 fully saturated rings. The highest BCUT2D eigenvalue weighted by atomic mass is 127. The van der Waals surface area contributed by atoms with Gasteiger partial charge in [0.25, 0.3) is 0 Å². The molecule has 10 heteroatoms. The Bertz CT molecular complexity index is 678. The molecule has 1 aliphatic rings. The number of halogens is 3. The van der Waals surface area contributed by atoms with E-state index in [0.717, 1.165) is 25.9 Å². The zero-order valence-corrected chi connectivity index (χ0v) is 20.4. The van der Waals surface area contributed by atoms with Gasteiger partial charge in [-0.05, 0) is 53.3 Å². The molecule has 0 unspecified atom stereocenters. The molecule has 0 amide bonds. The first-order valence-corrected chi connectivity index (χ1v) is 10.0. The standard InChI is InChI=1S/C20H32F2N4O3.HI/c1-5-23-20(24-8-6-7-9-26(4)14(2)3)25-12-15-10-17-18(28-13-27-17)11-16(15)29-19(21)22;/h10-11,14,19H,5-9,12-13H2,1-4H3,(H2,23,24,25);1H. The minimum absolute atomic E-state index is 0. The molecular weight excluding hydrogens is 509 g/mol. The summed E-state index contributed by atoms with van der Waals surface area (Å²) >= 11 is 0. The summed E-state index contributed by atoms with van der Waals surface area (Å²) < 4.78 is 40.7. The predicted octanol–water partition coefficient (Wildman–Crippen LogP) is 3.81. The molecule has 0 radical (unpaired) electrons. The Labute approximate surface area is 194 Å². The SMILES string of the molecule is CCNC(=NCc1cc2c(cc1OC(F)F)OCO2)NCCCCN(C)C(C)C.I. The number of aliphatic imine (C=N–C) groups is 1. The fourth-order valence-electron chi connectivity index (χ4n) is 2.75. The summed E-state index contributed by atoms with van der Waals surface area (Å²) in [4.78, 5) is 6.81.